The van der Waals surface area contributed by atoms with E-state index in [1.165, 1.54) is 0 Å². The van der Waals surface area contributed by atoms with Gasteiger partial charge in [-0.15, -0.1) is 0 Å². The summed E-state index contributed by atoms with van der Waals surface area (Å²) in [6.45, 7) is 2.09. The average molecular weight is 297 g/mol. The van der Waals surface area contributed by atoms with Crippen LogP contribution in [0.5, 0.6) is 0 Å². The number of hydrogen-bond acceptors (Lipinski definition) is 3. The molecule has 2 unspecified atom stereocenters. The Morgan fingerprint density at radius 2 is 2.35 bits per heavy atom. The van der Waals surface area contributed by atoms with E-state index in [2.05, 4.69) is 12.2 Å². The highest BCUT2D eigenvalue weighted by Gasteiger charge is 2.36. The molecule has 0 radical (unpaired) electrons. The number of halogens is 1. The number of hydrogen-bond donors (Lipinski definition) is 3. The normalized spacial score (nSPS) is 26.2. The van der Waals surface area contributed by atoms with Gasteiger partial charge in [0.2, 0.25) is 0 Å². The molecule has 4 nitrogen and oxygen atoms in total. The predicted molar refractivity (Wildman–Crippen MR) is 80.8 cm³/mol. The molecule has 0 saturated heterocycles. The summed E-state index contributed by atoms with van der Waals surface area (Å²) in [6, 6.07) is 4.99. The van der Waals surface area contributed by atoms with Crippen LogP contribution in [0.4, 0.5) is 5.69 Å². The van der Waals surface area contributed by atoms with Crippen molar-refractivity contribution in [3.8, 4) is 0 Å². The first kappa shape index (κ1) is 15.1. The Balaban J connectivity index is 2.19. The fourth-order valence-electron chi connectivity index (χ4n) is 3.00. The smallest absolute Gasteiger partial charge is 0.253 e. The molecule has 0 spiro atoms. The van der Waals surface area contributed by atoms with Gasteiger partial charge >= 0.3 is 0 Å². The molecule has 1 aromatic rings. The molecule has 1 aliphatic carbocycles. The number of anilines is 1. The van der Waals surface area contributed by atoms with Crippen LogP contribution in [-0.2, 0) is 0 Å². The van der Waals surface area contributed by atoms with Crippen LogP contribution >= 0.6 is 11.6 Å². The molecule has 1 aromatic carbocycles. The third-order valence-electron chi connectivity index (χ3n) is 4.07. The highest BCUT2D eigenvalue weighted by molar-refractivity contribution is 6.33. The first-order valence-electron chi connectivity index (χ1n) is 6.95. The number of nitrogen functional groups attached to an aromatic ring is 1. The molecule has 4 N–H and O–H groups in total. The van der Waals surface area contributed by atoms with Gasteiger partial charge in [0.25, 0.3) is 5.91 Å². The van der Waals surface area contributed by atoms with Gasteiger partial charge in [-0.05, 0) is 30.9 Å². The molecule has 20 heavy (non-hydrogen) atoms. The van der Waals surface area contributed by atoms with Crippen LogP contribution in [0, 0.1) is 5.92 Å². The molecule has 0 aromatic heterocycles. The second-order valence-corrected chi connectivity index (χ2v) is 6.20. The summed E-state index contributed by atoms with van der Waals surface area (Å²) in [5, 5.41) is 13.0. The van der Waals surface area contributed by atoms with Crippen molar-refractivity contribution in [1.29, 1.82) is 0 Å². The largest absolute Gasteiger partial charge is 0.397 e. The Labute approximate surface area is 124 Å². The predicted octanol–water partition coefficient (Wildman–Crippen LogP) is 2.59. The lowest BCUT2D eigenvalue weighted by atomic mass is 9.76. The van der Waals surface area contributed by atoms with E-state index >= 15 is 0 Å². The highest BCUT2D eigenvalue weighted by atomic mass is 35.5. The van der Waals surface area contributed by atoms with Gasteiger partial charge in [0.1, 0.15) is 0 Å². The molecule has 1 saturated carbocycles. The van der Waals surface area contributed by atoms with E-state index in [4.69, 9.17) is 17.3 Å². The lowest BCUT2D eigenvalue weighted by molar-refractivity contribution is 0.0698. The minimum atomic E-state index is -0.538. The van der Waals surface area contributed by atoms with Crippen LogP contribution in [-0.4, -0.2) is 23.2 Å². The van der Waals surface area contributed by atoms with Gasteiger partial charge in [-0.1, -0.05) is 37.4 Å². The van der Waals surface area contributed by atoms with Crippen LogP contribution in [0.2, 0.25) is 5.02 Å². The van der Waals surface area contributed by atoms with Gasteiger partial charge in [-0.2, -0.15) is 0 Å². The van der Waals surface area contributed by atoms with Crippen molar-refractivity contribution < 1.29 is 9.90 Å². The van der Waals surface area contributed by atoms with Crippen LogP contribution in [0.1, 0.15) is 43.0 Å². The third-order valence-corrected chi connectivity index (χ3v) is 4.40. The summed E-state index contributed by atoms with van der Waals surface area (Å²) in [5.74, 6) is 0.223. The van der Waals surface area contributed by atoms with E-state index < -0.39 is 5.54 Å². The molecule has 2 atom stereocenters. The van der Waals surface area contributed by atoms with Gasteiger partial charge in [0.05, 0.1) is 28.4 Å². The molecule has 110 valence electrons. The maximum atomic E-state index is 12.4. The van der Waals surface area contributed by atoms with Crippen molar-refractivity contribution in [2.45, 2.75) is 38.1 Å². The molecule has 2 rings (SSSR count). The molecular weight excluding hydrogens is 276 g/mol. The van der Waals surface area contributed by atoms with Crippen LogP contribution in [0.15, 0.2) is 18.2 Å². The van der Waals surface area contributed by atoms with Gasteiger partial charge < -0.3 is 16.2 Å². The summed E-state index contributed by atoms with van der Waals surface area (Å²) in [7, 11) is 0. The summed E-state index contributed by atoms with van der Waals surface area (Å²) in [4.78, 5) is 12.4. The van der Waals surface area contributed by atoms with Crippen molar-refractivity contribution in [3.63, 3.8) is 0 Å². The van der Waals surface area contributed by atoms with Crippen LogP contribution in [0.3, 0.4) is 0 Å². The van der Waals surface area contributed by atoms with Gasteiger partial charge in [0, 0.05) is 0 Å². The molecule has 5 heteroatoms. The second-order valence-electron chi connectivity index (χ2n) is 5.80. The number of nitrogens with one attached hydrogen (secondary N) is 1. The van der Waals surface area contributed by atoms with E-state index in [0.717, 1.165) is 25.7 Å². The maximum Gasteiger partial charge on any atom is 0.253 e. The SMILES string of the molecule is CC1CCCC(CO)(NC(=O)c2cccc(Cl)c2N)C1. The molecule has 0 bridgehead atoms. The van der Waals surface area contributed by atoms with Crippen LogP contribution in [0.25, 0.3) is 0 Å². The second kappa shape index (κ2) is 6.02. The first-order valence-corrected chi connectivity index (χ1v) is 7.32. The molecule has 1 aliphatic rings. The number of aliphatic hydroxyl groups is 1. The Morgan fingerprint density at radius 1 is 1.60 bits per heavy atom. The monoisotopic (exact) mass is 296 g/mol. The lowest BCUT2D eigenvalue weighted by Crippen LogP contribution is -2.54. The lowest BCUT2D eigenvalue weighted by Gasteiger charge is -2.39. The summed E-state index contributed by atoms with van der Waals surface area (Å²) in [5.41, 5.74) is 5.95. The number of benzene rings is 1. The summed E-state index contributed by atoms with van der Waals surface area (Å²) < 4.78 is 0. The highest BCUT2D eigenvalue weighted by Crippen LogP contribution is 2.32. The number of carbonyl (C=O) groups is 1. The van der Waals surface area contributed by atoms with Crippen LogP contribution < -0.4 is 11.1 Å². The van der Waals surface area contributed by atoms with E-state index in [-0.39, 0.29) is 18.2 Å². The molecular formula is C15H21ClN2O2. The zero-order valence-electron chi connectivity index (χ0n) is 11.7. The summed E-state index contributed by atoms with van der Waals surface area (Å²) >= 11 is 5.94. The Bertz CT molecular complexity index is 507. The third kappa shape index (κ3) is 3.07. The van der Waals surface area contributed by atoms with Crippen molar-refractivity contribution in [2.75, 3.05) is 12.3 Å². The van der Waals surface area contributed by atoms with E-state index in [9.17, 15) is 9.90 Å². The molecule has 0 aliphatic heterocycles. The van der Waals surface area contributed by atoms with E-state index in [0.29, 0.717) is 16.5 Å². The fourth-order valence-corrected chi connectivity index (χ4v) is 3.17. The van der Waals surface area contributed by atoms with Gasteiger partial charge in [-0.25, -0.2) is 0 Å². The molecule has 0 heterocycles. The standard InChI is InChI=1S/C15H21ClN2O2/c1-10-4-3-7-15(8-10,9-19)18-14(20)11-5-2-6-12(16)13(11)17/h2,5-6,10,19H,3-4,7-9,17H2,1H3,(H,18,20). The topological polar surface area (TPSA) is 75.3 Å². The summed E-state index contributed by atoms with van der Waals surface area (Å²) in [6.07, 6.45) is 3.72. The average Bonchev–Trinajstić information content (AvgIpc) is 2.41. The van der Waals surface area contributed by atoms with Crippen molar-refractivity contribution >= 4 is 23.2 Å². The number of nitrogens with two attached hydrogens (primary N) is 1. The Kier molecular flexibility index (Phi) is 4.55. The zero-order chi connectivity index (χ0) is 14.8. The molecule has 1 fully saturated rings. The fraction of sp³-hybridized carbons (Fsp3) is 0.533. The van der Waals surface area contributed by atoms with Crippen molar-refractivity contribution in [1.82, 2.24) is 5.32 Å². The minimum Gasteiger partial charge on any atom is -0.397 e. The maximum absolute atomic E-state index is 12.4. The number of carbonyl (C=O) groups excluding carboxylic acids is 1. The van der Waals surface area contributed by atoms with Gasteiger partial charge in [0.15, 0.2) is 0 Å². The zero-order valence-corrected chi connectivity index (χ0v) is 12.4. The van der Waals surface area contributed by atoms with E-state index in [1.54, 1.807) is 18.2 Å². The van der Waals surface area contributed by atoms with Crippen molar-refractivity contribution in [3.05, 3.63) is 28.8 Å². The Hall–Kier alpha value is -1.26. The number of rotatable bonds is 3. The quantitative estimate of drug-likeness (QED) is 0.751. The Morgan fingerprint density at radius 3 is 3.00 bits per heavy atom. The van der Waals surface area contributed by atoms with E-state index in [1.807, 2.05) is 0 Å². The number of aliphatic hydroxyl groups excluding tert-OH is 1. The number of para-hydroxylation sites is 1. The molecule has 1 amide bonds. The first-order chi connectivity index (χ1) is 9.47. The minimum absolute atomic E-state index is 0.0520. The van der Waals surface area contributed by atoms with Gasteiger partial charge in [-0.3, -0.25) is 4.79 Å². The number of amides is 1. The van der Waals surface area contributed by atoms with Crippen molar-refractivity contribution in [2.24, 2.45) is 5.92 Å².